The number of carbonyl (C=O) groups excluding carboxylic acids is 2. The zero-order chi connectivity index (χ0) is 17.6. The zero-order valence-corrected chi connectivity index (χ0v) is 17.2. The minimum Gasteiger partial charge on any atom is -0.368 e. The molecular weight excluding hydrogens is 415 g/mol. The van der Waals surface area contributed by atoms with Crippen LogP contribution in [0.1, 0.15) is 0 Å². The molecule has 0 radical (unpaired) electrons. The van der Waals surface area contributed by atoms with Crippen LogP contribution in [0.15, 0.2) is 24.3 Å². The van der Waals surface area contributed by atoms with Crippen molar-refractivity contribution in [1.82, 2.24) is 15.5 Å². The van der Waals surface area contributed by atoms with Gasteiger partial charge >= 0.3 is 0 Å². The summed E-state index contributed by atoms with van der Waals surface area (Å²) < 4.78 is 5.37. The van der Waals surface area contributed by atoms with Crippen LogP contribution in [0.4, 0.5) is 5.69 Å². The molecule has 2 aliphatic heterocycles. The Morgan fingerprint density at radius 1 is 1.15 bits per heavy atom. The van der Waals surface area contributed by atoms with Crippen LogP contribution in [0.3, 0.4) is 0 Å². The van der Waals surface area contributed by atoms with E-state index in [9.17, 15) is 9.59 Å². The van der Waals surface area contributed by atoms with Crippen molar-refractivity contribution < 1.29 is 14.3 Å². The molecule has 0 aliphatic carbocycles. The molecule has 1 aromatic rings. The molecule has 3 rings (SSSR count). The summed E-state index contributed by atoms with van der Waals surface area (Å²) in [6, 6.07) is 7.70. The van der Waals surface area contributed by atoms with Crippen molar-refractivity contribution in [2.75, 3.05) is 57.3 Å². The quantitative estimate of drug-likeness (QED) is 0.730. The summed E-state index contributed by atoms with van der Waals surface area (Å²) in [5.74, 6) is -0.298. The van der Waals surface area contributed by atoms with E-state index in [4.69, 9.17) is 16.3 Å². The second-order valence-corrected chi connectivity index (χ2v) is 6.56. The molecule has 0 aromatic heterocycles. The number of morpholine rings is 1. The molecular formula is C17H25Cl3N4O3. The molecule has 0 spiro atoms. The molecule has 2 fully saturated rings. The number of anilines is 1. The van der Waals surface area contributed by atoms with Crippen LogP contribution in [-0.4, -0.2) is 75.2 Å². The number of benzene rings is 1. The van der Waals surface area contributed by atoms with E-state index in [0.717, 1.165) is 25.3 Å². The van der Waals surface area contributed by atoms with E-state index in [1.54, 1.807) is 4.90 Å². The van der Waals surface area contributed by atoms with Gasteiger partial charge in [0.15, 0.2) is 0 Å². The summed E-state index contributed by atoms with van der Waals surface area (Å²) >= 11 is 5.91. The molecule has 1 atom stereocenters. The van der Waals surface area contributed by atoms with Gasteiger partial charge in [0, 0.05) is 50.0 Å². The van der Waals surface area contributed by atoms with E-state index in [1.807, 2.05) is 24.3 Å². The fourth-order valence-corrected chi connectivity index (χ4v) is 3.11. The predicted octanol–water partition coefficient (Wildman–Crippen LogP) is 0.937. The zero-order valence-electron chi connectivity index (χ0n) is 14.9. The van der Waals surface area contributed by atoms with E-state index in [1.165, 1.54) is 0 Å². The highest BCUT2D eigenvalue weighted by Gasteiger charge is 2.24. The first-order valence-electron chi connectivity index (χ1n) is 8.52. The molecule has 0 bridgehead atoms. The normalized spacial score (nSPS) is 19.5. The van der Waals surface area contributed by atoms with Gasteiger partial charge in [-0.05, 0) is 24.3 Å². The van der Waals surface area contributed by atoms with Crippen LogP contribution < -0.4 is 15.5 Å². The lowest BCUT2D eigenvalue weighted by molar-refractivity contribution is -0.138. The monoisotopic (exact) mass is 438 g/mol. The Hall–Kier alpha value is -1.25. The third-order valence-corrected chi connectivity index (χ3v) is 4.71. The van der Waals surface area contributed by atoms with Gasteiger partial charge in [0.1, 0.15) is 6.10 Å². The number of piperazine rings is 1. The topological polar surface area (TPSA) is 73.9 Å². The van der Waals surface area contributed by atoms with Crippen LogP contribution in [-0.2, 0) is 14.3 Å². The minimum atomic E-state index is -0.511. The van der Waals surface area contributed by atoms with Crippen molar-refractivity contribution in [1.29, 1.82) is 0 Å². The number of halogens is 3. The van der Waals surface area contributed by atoms with E-state index in [2.05, 4.69) is 15.5 Å². The Bertz CT molecular complexity index is 604. The first kappa shape index (κ1) is 23.8. The number of nitrogens with one attached hydrogen (secondary N) is 2. The third-order valence-electron chi connectivity index (χ3n) is 4.46. The number of rotatable bonds is 4. The maximum absolute atomic E-state index is 12.3. The number of ether oxygens (including phenoxy) is 1. The fraction of sp³-hybridized carbons (Fsp3) is 0.529. The Labute approximate surface area is 176 Å². The molecule has 27 heavy (non-hydrogen) atoms. The average molecular weight is 440 g/mol. The van der Waals surface area contributed by atoms with E-state index < -0.39 is 6.10 Å². The van der Waals surface area contributed by atoms with Crippen LogP contribution in [0.25, 0.3) is 0 Å². The van der Waals surface area contributed by atoms with Gasteiger partial charge in [-0.2, -0.15) is 0 Å². The Morgan fingerprint density at radius 2 is 1.81 bits per heavy atom. The van der Waals surface area contributed by atoms with Crippen LogP contribution in [0.5, 0.6) is 0 Å². The van der Waals surface area contributed by atoms with Gasteiger partial charge in [0.2, 0.25) is 5.91 Å². The van der Waals surface area contributed by atoms with Crippen molar-refractivity contribution in [3.05, 3.63) is 29.3 Å². The average Bonchev–Trinajstić information content (AvgIpc) is 2.67. The van der Waals surface area contributed by atoms with Gasteiger partial charge in [0.25, 0.3) is 5.91 Å². The first-order valence-corrected chi connectivity index (χ1v) is 8.89. The fourth-order valence-electron chi connectivity index (χ4n) is 2.99. The predicted molar refractivity (Wildman–Crippen MR) is 110 cm³/mol. The van der Waals surface area contributed by atoms with E-state index >= 15 is 0 Å². The molecule has 1 unspecified atom stereocenters. The van der Waals surface area contributed by atoms with Crippen LogP contribution >= 0.6 is 36.4 Å². The molecule has 10 heteroatoms. The SMILES string of the molecule is Cl.Cl.O=C(NCC(=O)N1CCN(c2ccc(Cl)cc2)CC1)C1CNCCO1. The van der Waals surface area contributed by atoms with Crippen LogP contribution in [0, 0.1) is 0 Å². The number of hydrogen-bond donors (Lipinski definition) is 2. The summed E-state index contributed by atoms with van der Waals surface area (Å²) in [6.45, 7) is 4.56. The maximum atomic E-state index is 12.3. The molecule has 2 N–H and O–H groups in total. The summed E-state index contributed by atoms with van der Waals surface area (Å²) in [6.07, 6.45) is -0.511. The number of carbonyl (C=O) groups is 2. The van der Waals surface area contributed by atoms with Gasteiger partial charge in [0.05, 0.1) is 13.2 Å². The smallest absolute Gasteiger partial charge is 0.250 e. The molecule has 1 aromatic carbocycles. The lowest BCUT2D eigenvalue weighted by atomic mass is 10.2. The third kappa shape index (κ3) is 6.69. The molecule has 7 nitrogen and oxygen atoms in total. The number of nitrogens with zero attached hydrogens (tertiary/aromatic N) is 2. The minimum absolute atomic E-state index is 0. The molecule has 2 heterocycles. The second kappa shape index (κ2) is 11.6. The van der Waals surface area contributed by atoms with Crippen molar-refractivity contribution in [3.63, 3.8) is 0 Å². The van der Waals surface area contributed by atoms with Gasteiger partial charge in [-0.25, -0.2) is 0 Å². The van der Waals surface area contributed by atoms with Crippen molar-refractivity contribution in [2.24, 2.45) is 0 Å². The molecule has 2 saturated heterocycles. The van der Waals surface area contributed by atoms with Gasteiger partial charge in [-0.1, -0.05) is 11.6 Å². The second-order valence-electron chi connectivity index (χ2n) is 6.13. The highest BCUT2D eigenvalue weighted by Crippen LogP contribution is 2.19. The molecule has 2 aliphatic rings. The molecule has 0 saturated carbocycles. The highest BCUT2D eigenvalue weighted by molar-refractivity contribution is 6.30. The Kier molecular flexibility index (Phi) is 10.2. The van der Waals surface area contributed by atoms with Gasteiger partial charge in [-0.15, -0.1) is 24.8 Å². The lowest BCUT2D eigenvalue weighted by Gasteiger charge is -2.36. The summed E-state index contributed by atoms with van der Waals surface area (Å²) in [4.78, 5) is 28.3. The van der Waals surface area contributed by atoms with Gasteiger partial charge in [-0.3, -0.25) is 9.59 Å². The maximum Gasteiger partial charge on any atom is 0.250 e. The van der Waals surface area contributed by atoms with Crippen molar-refractivity contribution in [2.45, 2.75) is 6.10 Å². The van der Waals surface area contributed by atoms with Crippen molar-refractivity contribution in [3.8, 4) is 0 Å². The number of hydrogen-bond acceptors (Lipinski definition) is 5. The Morgan fingerprint density at radius 3 is 2.41 bits per heavy atom. The van der Waals surface area contributed by atoms with Crippen LogP contribution in [0.2, 0.25) is 5.02 Å². The van der Waals surface area contributed by atoms with E-state index in [0.29, 0.717) is 31.3 Å². The van der Waals surface area contributed by atoms with Gasteiger partial charge < -0.3 is 25.2 Å². The van der Waals surface area contributed by atoms with Crippen molar-refractivity contribution >= 4 is 53.9 Å². The summed E-state index contributed by atoms with van der Waals surface area (Å²) in [5, 5.41) is 6.48. The van der Waals surface area contributed by atoms with E-state index in [-0.39, 0.29) is 43.2 Å². The highest BCUT2D eigenvalue weighted by atomic mass is 35.5. The first-order chi connectivity index (χ1) is 12.1. The summed E-state index contributed by atoms with van der Waals surface area (Å²) in [7, 11) is 0. The Balaban J connectivity index is 0.00000182. The largest absolute Gasteiger partial charge is 0.368 e. The molecule has 152 valence electrons. The standard InChI is InChI=1S/C17H23ClN4O3.2ClH/c18-13-1-3-14(4-2-13)21-6-8-22(9-7-21)16(23)12-20-17(24)15-11-19-5-10-25-15;;/h1-4,15,19H,5-12H2,(H,20,24);2*1H. The summed E-state index contributed by atoms with van der Waals surface area (Å²) in [5.41, 5.74) is 1.10. The lowest BCUT2D eigenvalue weighted by Crippen LogP contribution is -2.53. The molecule has 2 amide bonds. The number of amides is 2.